The largest absolute Gasteiger partial charge is 0.310 e. The molecule has 2 unspecified atom stereocenters. The molecule has 0 radical (unpaired) electrons. The number of benzene rings is 1. The fourth-order valence-corrected chi connectivity index (χ4v) is 6.43. The third-order valence-corrected chi connectivity index (χ3v) is 7.82. The first-order chi connectivity index (χ1) is 13.2. The van der Waals surface area contributed by atoms with Crippen LogP contribution in [0.4, 0.5) is 5.69 Å². The number of anilines is 1. The zero-order valence-electron chi connectivity index (χ0n) is 16.9. The van der Waals surface area contributed by atoms with Crippen molar-refractivity contribution in [3.63, 3.8) is 0 Å². The molecule has 2 fully saturated rings. The van der Waals surface area contributed by atoms with Gasteiger partial charge in [-0.05, 0) is 49.7 Å². The summed E-state index contributed by atoms with van der Waals surface area (Å²) in [5, 5.41) is 0. The highest BCUT2D eigenvalue weighted by molar-refractivity contribution is 8.00. The number of hydrogen-bond acceptors (Lipinski definition) is 3. The van der Waals surface area contributed by atoms with Gasteiger partial charge in [0.2, 0.25) is 5.91 Å². The maximum Gasteiger partial charge on any atom is 0.237 e. The molecule has 27 heavy (non-hydrogen) atoms. The van der Waals surface area contributed by atoms with Crippen molar-refractivity contribution < 1.29 is 4.79 Å². The molecule has 148 valence electrons. The second-order valence-electron chi connectivity index (χ2n) is 8.93. The third kappa shape index (κ3) is 4.22. The third-order valence-electron chi connectivity index (χ3n) is 6.77. The van der Waals surface area contributed by atoms with Crippen molar-refractivity contribution in [3.05, 3.63) is 24.3 Å². The summed E-state index contributed by atoms with van der Waals surface area (Å²) in [5.41, 5.74) is 1.12. The van der Waals surface area contributed by atoms with Crippen LogP contribution in [0.15, 0.2) is 29.2 Å². The smallest absolute Gasteiger partial charge is 0.237 e. The van der Waals surface area contributed by atoms with Crippen LogP contribution in [0.1, 0.15) is 58.8 Å². The summed E-state index contributed by atoms with van der Waals surface area (Å²) in [6.45, 7) is 6.64. The van der Waals surface area contributed by atoms with Crippen molar-refractivity contribution >= 4 is 23.4 Å². The van der Waals surface area contributed by atoms with E-state index in [-0.39, 0.29) is 5.91 Å². The number of fused-ring (bicyclic) bond motifs is 3. The van der Waals surface area contributed by atoms with Crippen molar-refractivity contribution in [2.45, 2.75) is 75.8 Å². The molecule has 0 N–H and O–H groups in total. The molecule has 1 aromatic carbocycles. The normalized spacial score (nSPS) is 29.0. The Balaban J connectivity index is 1.36. The van der Waals surface area contributed by atoms with E-state index in [0.29, 0.717) is 11.7 Å². The summed E-state index contributed by atoms with van der Waals surface area (Å²) < 4.78 is 0. The molecule has 3 nitrogen and oxygen atoms in total. The molecule has 1 aromatic rings. The summed E-state index contributed by atoms with van der Waals surface area (Å²) >= 11 is 1.68. The average Bonchev–Trinajstić information content (AvgIpc) is 2.90. The maximum atomic E-state index is 12.6. The molecule has 2 bridgehead atoms. The van der Waals surface area contributed by atoms with E-state index in [2.05, 4.69) is 43.0 Å². The predicted molar refractivity (Wildman–Crippen MR) is 114 cm³/mol. The molecule has 3 aliphatic rings. The minimum atomic E-state index is 0.270. The predicted octanol–water partition coefficient (Wildman–Crippen LogP) is 5.19. The number of carbonyl (C=O) groups excluding carboxylic acids is 1. The van der Waals surface area contributed by atoms with Crippen molar-refractivity contribution in [1.29, 1.82) is 0 Å². The maximum absolute atomic E-state index is 12.6. The number of para-hydroxylation sites is 1. The Hall–Kier alpha value is -1.00. The monoisotopic (exact) mass is 386 g/mol. The number of carbonyl (C=O) groups is 1. The van der Waals surface area contributed by atoms with Crippen molar-refractivity contribution in [1.82, 2.24) is 4.90 Å². The van der Waals surface area contributed by atoms with Crippen LogP contribution < -0.4 is 4.90 Å². The highest BCUT2D eigenvalue weighted by Gasteiger charge is 2.40. The Morgan fingerprint density at radius 3 is 2.63 bits per heavy atom. The Morgan fingerprint density at radius 2 is 1.89 bits per heavy atom. The van der Waals surface area contributed by atoms with Gasteiger partial charge in [0.1, 0.15) is 0 Å². The number of nitrogens with zero attached hydrogens (tertiary/aromatic N) is 2. The minimum absolute atomic E-state index is 0.270. The van der Waals surface area contributed by atoms with E-state index < -0.39 is 0 Å². The first kappa shape index (κ1) is 19.3. The van der Waals surface area contributed by atoms with E-state index in [1.54, 1.807) is 11.8 Å². The van der Waals surface area contributed by atoms with Gasteiger partial charge in [0, 0.05) is 30.1 Å². The zero-order valence-corrected chi connectivity index (χ0v) is 17.7. The first-order valence-electron chi connectivity index (χ1n) is 10.9. The summed E-state index contributed by atoms with van der Waals surface area (Å²) in [6, 6.07) is 9.97. The average molecular weight is 387 g/mol. The molecule has 3 atom stereocenters. The number of rotatable bonds is 7. The van der Waals surface area contributed by atoms with Gasteiger partial charge in [-0.25, -0.2) is 0 Å². The van der Waals surface area contributed by atoms with E-state index in [9.17, 15) is 4.79 Å². The number of thioether (sulfide) groups is 1. The molecular formula is C23H34N2OS. The quantitative estimate of drug-likeness (QED) is 0.644. The van der Waals surface area contributed by atoms with E-state index in [4.69, 9.17) is 0 Å². The molecular weight excluding hydrogens is 352 g/mol. The topological polar surface area (TPSA) is 23.6 Å². The van der Waals surface area contributed by atoms with E-state index in [1.165, 1.54) is 49.8 Å². The van der Waals surface area contributed by atoms with Gasteiger partial charge in [-0.15, -0.1) is 11.8 Å². The van der Waals surface area contributed by atoms with Gasteiger partial charge in [-0.2, -0.15) is 0 Å². The number of hydrogen-bond donors (Lipinski definition) is 0. The van der Waals surface area contributed by atoms with Gasteiger partial charge in [0.05, 0.1) is 11.4 Å². The fraction of sp³-hybridized carbons (Fsp3) is 0.696. The van der Waals surface area contributed by atoms with Crippen molar-refractivity contribution in [3.8, 4) is 0 Å². The highest BCUT2D eigenvalue weighted by Crippen LogP contribution is 2.41. The summed E-state index contributed by atoms with van der Waals surface area (Å²) in [6.07, 6.45) is 9.76. The number of unbranched alkanes of at least 4 members (excludes halogenated alkanes) is 1. The first-order valence-corrected chi connectivity index (χ1v) is 11.9. The van der Waals surface area contributed by atoms with E-state index >= 15 is 0 Å². The van der Waals surface area contributed by atoms with Gasteiger partial charge < -0.3 is 4.90 Å². The molecule has 0 spiro atoms. The van der Waals surface area contributed by atoms with Crippen LogP contribution >= 0.6 is 11.8 Å². The Kier molecular flexibility index (Phi) is 6.13. The van der Waals surface area contributed by atoms with E-state index in [0.717, 1.165) is 36.8 Å². The SMILES string of the molecule is CCCCC1CC2CCC(C1)N2C[C@@H](C)CN1C(=O)CSc2ccccc21. The lowest BCUT2D eigenvalue weighted by molar-refractivity contribution is -0.116. The van der Waals surface area contributed by atoms with Crippen LogP contribution in [0.3, 0.4) is 0 Å². The molecule has 3 aliphatic heterocycles. The fourth-order valence-electron chi connectivity index (χ4n) is 5.50. The molecule has 1 amide bonds. The summed E-state index contributed by atoms with van der Waals surface area (Å²) in [7, 11) is 0. The summed E-state index contributed by atoms with van der Waals surface area (Å²) in [5.74, 6) is 2.33. The van der Waals surface area contributed by atoms with Crippen LogP contribution in [0.2, 0.25) is 0 Å². The van der Waals surface area contributed by atoms with Gasteiger partial charge in [-0.3, -0.25) is 9.69 Å². The molecule has 4 heteroatoms. The van der Waals surface area contributed by atoms with Gasteiger partial charge in [0.15, 0.2) is 0 Å². The molecule has 0 saturated carbocycles. The van der Waals surface area contributed by atoms with Crippen LogP contribution in [0, 0.1) is 11.8 Å². The van der Waals surface area contributed by atoms with E-state index in [1.807, 2.05) is 4.90 Å². The highest BCUT2D eigenvalue weighted by atomic mass is 32.2. The number of piperidine rings is 1. The Labute approximate surface area is 168 Å². The molecule has 4 rings (SSSR count). The standard InChI is InChI=1S/C23H34N2OS/c1-3-4-7-18-12-19-10-11-20(13-18)24(19)14-17(2)15-25-21-8-5-6-9-22(21)27-16-23(25)26/h5-6,8-9,17-20H,3-4,7,10-16H2,1-2H3/t17-,18?,19?,20?/m1/s1. The lowest BCUT2D eigenvalue weighted by Gasteiger charge is -2.41. The van der Waals surface area contributed by atoms with Crippen LogP contribution in [0.5, 0.6) is 0 Å². The molecule has 0 aliphatic carbocycles. The van der Waals surface area contributed by atoms with Gasteiger partial charge in [0.25, 0.3) is 0 Å². The van der Waals surface area contributed by atoms with Crippen LogP contribution in [0.25, 0.3) is 0 Å². The molecule has 0 aromatic heterocycles. The molecule has 2 saturated heterocycles. The zero-order chi connectivity index (χ0) is 18.8. The lowest BCUT2D eigenvalue weighted by Crippen LogP contribution is -2.47. The van der Waals surface area contributed by atoms with Crippen LogP contribution in [-0.4, -0.2) is 41.7 Å². The second kappa shape index (κ2) is 8.57. The lowest BCUT2D eigenvalue weighted by atomic mass is 9.86. The minimum Gasteiger partial charge on any atom is -0.310 e. The number of amides is 1. The van der Waals surface area contributed by atoms with Crippen LogP contribution in [-0.2, 0) is 4.79 Å². The van der Waals surface area contributed by atoms with Gasteiger partial charge in [-0.1, -0.05) is 45.2 Å². The van der Waals surface area contributed by atoms with Gasteiger partial charge >= 0.3 is 0 Å². The van der Waals surface area contributed by atoms with Crippen molar-refractivity contribution in [2.24, 2.45) is 11.8 Å². The molecule has 3 heterocycles. The summed E-state index contributed by atoms with van der Waals surface area (Å²) in [4.78, 5) is 18.7. The Morgan fingerprint density at radius 1 is 1.15 bits per heavy atom. The van der Waals surface area contributed by atoms with Crippen molar-refractivity contribution in [2.75, 3.05) is 23.7 Å². The second-order valence-corrected chi connectivity index (χ2v) is 9.94. The Bertz CT molecular complexity index is 650.